The van der Waals surface area contributed by atoms with E-state index in [2.05, 4.69) is 22.4 Å². The van der Waals surface area contributed by atoms with E-state index in [0.29, 0.717) is 26.4 Å². The number of carbonyl (C=O) groups is 1. The lowest BCUT2D eigenvalue weighted by molar-refractivity contribution is -0.123. The topological polar surface area (TPSA) is 63.7 Å². The number of nitrogens with one attached hydrogen (secondary N) is 1. The van der Waals surface area contributed by atoms with Crippen molar-refractivity contribution in [1.29, 1.82) is 0 Å². The SMILES string of the molecule is COCCN(C)CC(=O)NC1COCC1Cc1ccnc2ccccc12. The second-order valence-electron chi connectivity index (χ2n) is 6.89. The van der Waals surface area contributed by atoms with Crippen molar-refractivity contribution in [3.63, 3.8) is 0 Å². The molecule has 6 heteroatoms. The largest absolute Gasteiger partial charge is 0.383 e. The van der Waals surface area contributed by atoms with Crippen LogP contribution in [0.15, 0.2) is 36.5 Å². The summed E-state index contributed by atoms with van der Waals surface area (Å²) in [5.74, 6) is 0.303. The van der Waals surface area contributed by atoms with Gasteiger partial charge < -0.3 is 14.8 Å². The van der Waals surface area contributed by atoms with Crippen LogP contribution in [-0.2, 0) is 20.7 Å². The number of ether oxygens (including phenoxy) is 2. The maximum atomic E-state index is 12.3. The normalized spacial score (nSPS) is 20.0. The number of carbonyl (C=O) groups excluding carboxylic acids is 1. The molecule has 2 unspecified atom stereocenters. The Hall–Kier alpha value is -2.02. The molecule has 1 saturated heterocycles. The number of rotatable bonds is 8. The molecule has 2 aromatic rings. The highest BCUT2D eigenvalue weighted by molar-refractivity contribution is 5.82. The van der Waals surface area contributed by atoms with E-state index < -0.39 is 0 Å². The fourth-order valence-electron chi connectivity index (χ4n) is 3.40. The number of hydrogen-bond donors (Lipinski definition) is 1. The molecule has 1 aliphatic heterocycles. The quantitative estimate of drug-likeness (QED) is 0.775. The van der Waals surface area contributed by atoms with Crippen LogP contribution in [0.3, 0.4) is 0 Å². The van der Waals surface area contributed by atoms with Crippen LogP contribution in [0.4, 0.5) is 0 Å². The van der Waals surface area contributed by atoms with Gasteiger partial charge in [-0.25, -0.2) is 0 Å². The Labute approximate surface area is 154 Å². The molecule has 1 N–H and O–H groups in total. The number of benzene rings is 1. The molecule has 3 rings (SSSR count). The van der Waals surface area contributed by atoms with Gasteiger partial charge in [0.05, 0.1) is 37.9 Å². The fraction of sp³-hybridized carbons (Fsp3) is 0.500. The maximum Gasteiger partial charge on any atom is 0.234 e. The standard InChI is InChI=1S/C20H27N3O3/c1-23(9-10-25-2)12-20(24)22-19-14-26-13-16(19)11-15-7-8-21-18-6-4-3-5-17(15)18/h3-8,16,19H,9-14H2,1-2H3,(H,22,24). The Morgan fingerprint density at radius 2 is 2.19 bits per heavy atom. The number of fused-ring (bicyclic) bond motifs is 1. The van der Waals surface area contributed by atoms with Gasteiger partial charge in [0.25, 0.3) is 0 Å². The third-order valence-corrected chi connectivity index (χ3v) is 4.86. The summed E-state index contributed by atoms with van der Waals surface area (Å²) in [6.45, 7) is 2.96. The van der Waals surface area contributed by atoms with Gasteiger partial charge in [0, 0.05) is 31.2 Å². The first-order valence-corrected chi connectivity index (χ1v) is 9.04. The van der Waals surface area contributed by atoms with Crippen molar-refractivity contribution in [2.24, 2.45) is 5.92 Å². The van der Waals surface area contributed by atoms with Gasteiger partial charge in [-0.3, -0.25) is 14.7 Å². The number of pyridine rings is 1. The molecule has 0 aliphatic carbocycles. The summed E-state index contributed by atoms with van der Waals surface area (Å²) in [5, 5.41) is 4.32. The van der Waals surface area contributed by atoms with Crippen LogP contribution in [-0.4, -0.2) is 68.9 Å². The Kier molecular flexibility index (Phi) is 6.55. The lowest BCUT2D eigenvalue weighted by Crippen LogP contribution is -2.45. The first-order chi connectivity index (χ1) is 12.7. The summed E-state index contributed by atoms with van der Waals surface area (Å²) in [7, 11) is 3.58. The Morgan fingerprint density at radius 1 is 1.35 bits per heavy atom. The zero-order valence-electron chi connectivity index (χ0n) is 15.5. The minimum absolute atomic E-state index is 0.0312. The van der Waals surface area contributed by atoms with Gasteiger partial charge in [-0.15, -0.1) is 0 Å². The molecule has 1 aromatic heterocycles. The van der Waals surface area contributed by atoms with E-state index in [1.807, 2.05) is 36.3 Å². The monoisotopic (exact) mass is 357 g/mol. The number of methoxy groups -OCH3 is 1. The Morgan fingerprint density at radius 3 is 3.04 bits per heavy atom. The minimum Gasteiger partial charge on any atom is -0.383 e. The van der Waals surface area contributed by atoms with Gasteiger partial charge in [0.15, 0.2) is 0 Å². The van der Waals surface area contributed by atoms with Crippen LogP contribution in [0.2, 0.25) is 0 Å². The molecule has 0 bridgehead atoms. The van der Waals surface area contributed by atoms with Crippen LogP contribution in [0, 0.1) is 5.92 Å². The van der Waals surface area contributed by atoms with Crippen molar-refractivity contribution >= 4 is 16.8 Å². The molecular formula is C20H27N3O3. The summed E-state index contributed by atoms with van der Waals surface area (Å²) >= 11 is 0. The highest BCUT2D eigenvalue weighted by Crippen LogP contribution is 2.24. The molecule has 0 radical (unpaired) electrons. The van der Waals surface area contributed by atoms with E-state index in [1.165, 1.54) is 10.9 Å². The summed E-state index contributed by atoms with van der Waals surface area (Å²) < 4.78 is 10.7. The predicted octanol–water partition coefficient (Wildman–Crippen LogP) is 1.49. The summed E-state index contributed by atoms with van der Waals surface area (Å²) in [4.78, 5) is 18.7. The van der Waals surface area contributed by atoms with Crippen LogP contribution in [0.25, 0.3) is 10.9 Å². The number of para-hydroxylation sites is 1. The van der Waals surface area contributed by atoms with E-state index in [-0.39, 0.29) is 17.9 Å². The first-order valence-electron chi connectivity index (χ1n) is 9.04. The average molecular weight is 357 g/mol. The summed E-state index contributed by atoms with van der Waals surface area (Å²) in [6, 6.07) is 10.3. The number of likely N-dealkylation sites (N-methyl/N-ethyl adjacent to an activating group) is 1. The third kappa shape index (κ3) is 4.78. The van der Waals surface area contributed by atoms with Gasteiger partial charge in [-0.2, -0.15) is 0 Å². The van der Waals surface area contributed by atoms with Crippen molar-refractivity contribution in [2.75, 3.05) is 47.1 Å². The molecule has 0 spiro atoms. The van der Waals surface area contributed by atoms with Crippen LogP contribution >= 0.6 is 0 Å². The molecule has 1 aliphatic rings. The minimum atomic E-state index is 0.0312. The molecule has 2 atom stereocenters. The molecule has 26 heavy (non-hydrogen) atoms. The molecule has 0 saturated carbocycles. The number of hydrogen-bond acceptors (Lipinski definition) is 5. The Balaban J connectivity index is 1.60. The molecule has 2 heterocycles. The lowest BCUT2D eigenvalue weighted by atomic mass is 9.93. The molecule has 1 aromatic carbocycles. The molecule has 6 nitrogen and oxygen atoms in total. The highest BCUT2D eigenvalue weighted by atomic mass is 16.5. The fourth-order valence-corrected chi connectivity index (χ4v) is 3.40. The van der Waals surface area contributed by atoms with Gasteiger partial charge >= 0.3 is 0 Å². The van der Waals surface area contributed by atoms with Crippen molar-refractivity contribution in [3.05, 3.63) is 42.1 Å². The second-order valence-corrected chi connectivity index (χ2v) is 6.89. The zero-order chi connectivity index (χ0) is 18.4. The molecule has 1 fully saturated rings. The average Bonchev–Trinajstić information content (AvgIpc) is 3.07. The first kappa shape index (κ1) is 18.8. The number of aromatic nitrogens is 1. The van der Waals surface area contributed by atoms with E-state index in [1.54, 1.807) is 7.11 Å². The Bertz CT molecular complexity index is 732. The van der Waals surface area contributed by atoms with Gasteiger partial charge in [0.1, 0.15) is 0 Å². The van der Waals surface area contributed by atoms with Crippen molar-refractivity contribution in [3.8, 4) is 0 Å². The summed E-state index contributed by atoms with van der Waals surface area (Å²) in [6.07, 6.45) is 2.72. The zero-order valence-corrected chi connectivity index (χ0v) is 15.5. The highest BCUT2D eigenvalue weighted by Gasteiger charge is 2.30. The van der Waals surface area contributed by atoms with E-state index in [9.17, 15) is 4.79 Å². The number of amides is 1. The third-order valence-electron chi connectivity index (χ3n) is 4.86. The van der Waals surface area contributed by atoms with Gasteiger partial charge in [-0.05, 0) is 31.2 Å². The lowest BCUT2D eigenvalue weighted by Gasteiger charge is -2.22. The van der Waals surface area contributed by atoms with Crippen molar-refractivity contribution < 1.29 is 14.3 Å². The second kappa shape index (κ2) is 9.07. The van der Waals surface area contributed by atoms with Crippen LogP contribution in [0.1, 0.15) is 5.56 Å². The molecular weight excluding hydrogens is 330 g/mol. The smallest absolute Gasteiger partial charge is 0.234 e. The molecule has 140 valence electrons. The summed E-state index contributed by atoms with van der Waals surface area (Å²) in [5.41, 5.74) is 2.26. The number of nitrogens with zero attached hydrogens (tertiary/aromatic N) is 2. The van der Waals surface area contributed by atoms with Gasteiger partial charge in [-0.1, -0.05) is 18.2 Å². The maximum absolute atomic E-state index is 12.3. The van der Waals surface area contributed by atoms with Gasteiger partial charge in [0.2, 0.25) is 5.91 Å². The van der Waals surface area contributed by atoms with E-state index in [0.717, 1.165) is 18.5 Å². The van der Waals surface area contributed by atoms with Crippen LogP contribution in [0.5, 0.6) is 0 Å². The van der Waals surface area contributed by atoms with Crippen molar-refractivity contribution in [1.82, 2.24) is 15.2 Å². The predicted molar refractivity (Wildman–Crippen MR) is 101 cm³/mol. The van der Waals surface area contributed by atoms with E-state index >= 15 is 0 Å². The van der Waals surface area contributed by atoms with E-state index in [4.69, 9.17) is 9.47 Å². The van der Waals surface area contributed by atoms with Crippen molar-refractivity contribution in [2.45, 2.75) is 12.5 Å². The molecule has 1 amide bonds. The van der Waals surface area contributed by atoms with Crippen LogP contribution < -0.4 is 5.32 Å².